The van der Waals surface area contributed by atoms with Gasteiger partial charge in [0.15, 0.2) is 0 Å². The highest BCUT2D eigenvalue weighted by atomic mass is 35.5. The molecule has 1 aliphatic rings. The van der Waals surface area contributed by atoms with E-state index in [1.54, 1.807) is 0 Å². The zero-order valence-corrected chi connectivity index (χ0v) is 12.1. The lowest BCUT2D eigenvalue weighted by atomic mass is 10.0. The van der Waals surface area contributed by atoms with Gasteiger partial charge in [-0.1, -0.05) is 35.9 Å². The quantitative estimate of drug-likeness (QED) is 0.631. The monoisotopic (exact) mass is 303 g/mol. The summed E-state index contributed by atoms with van der Waals surface area (Å²) in [4.78, 5) is 16.5. The average molecular weight is 304 g/mol. The van der Waals surface area contributed by atoms with Gasteiger partial charge in [-0.3, -0.25) is 10.1 Å². The highest BCUT2D eigenvalue weighted by Gasteiger charge is 2.19. The third-order valence-electron chi connectivity index (χ3n) is 3.74. The van der Waals surface area contributed by atoms with Gasteiger partial charge in [-0.25, -0.2) is 4.98 Å². The van der Waals surface area contributed by atoms with Crippen LogP contribution in [0.5, 0.6) is 0 Å². The normalized spacial score (nSPS) is 14.4. The molecule has 0 unspecified atom stereocenters. The Bertz CT molecular complexity index is 663. The lowest BCUT2D eigenvalue weighted by Gasteiger charge is -2.22. The van der Waals surface area contributed by atoms with Crippen molar-refractivity contribution in [1.82, 2.24) is 4.98 Å². The second-order valence-electron chi connectivity index (χ2n) is 5.01. The number of fused-ring (bicyclic) bond motifs is 1. The van der Waals surface area contributed by atoms with Gasteiger partial charge < -0.3 is 4.90 Å². The maximum atomic E-state index is 10.7. The largest absolute Gasteiger partial charge is 0.355 e. The van der Waals surface area contributed by atoms with Crippen LogP contribution in [0, 0.1) is 10.1 Å². The summed E-state index contributed by atoms with van der Waals surface area (Å²) in [6.45, 7) is 1.61. The lowest BCUT2D eigenvalue weighted by Crippen LogP contribution is -2.27. The first-order chi connectivity index (χ1) is 10.1. The van der Waals surface area contributed by atoms with Crippen molar-refractivity contribution in [3.63, 3.8) is 0 Å². The molecule has 0 radical (unpaired) electrons. The van der Waals surface area contributed by atoms with Crippen molar-refractivity contribution in [2.24, 2.45) is 0 Å². The molecule has 0 atom stereocenters. The van der Waals surface area contributed by atoms with Crippen LogP contribution >= 0.6 is 11.6 Å². The predicted octanol–water partition coefficient (Wildman–Crippen LogP) is 3.25. The van der Waals surface area contributed by atoms with Crippen molar-refractivity contribution in [2.45, 2.75) is 12.8 Å². The maximum absolute atomic E-state index is 10.7. The SMILES string of the molecule is O=[N+]([O-])c1cnc(N2CCc3ccccc3CC2)c(Cl)c1. The van der Waals surface area contributed by atoms with Crippen LogP contribution < -0.4 is 4.90 Å². The molecule has 0 aliphatic carbocycles. The van der Waals surface area contributed by atoms with Crippen LogP contribution in [0.2, 0.25) is 5.02 Å². The number of aromatic nitrogens is 1. The molecule has 0 spiro atoms. The first kappa shape index (κ1) is 13.8. The number of hydrogen-bond donors (Lipinski definition) is 0. The first-order valence-corrected chi connectivity index (χ1v) is 7.14. The average Bonchev–Trinajstić information content (AvgIpc) is 2.70. The minimum atomic E-state index is -0.485. The Hall–Kier alpha value is -2.14. The smallest absolute Gasteiger partial charge is 0.289 e. The summed E-state index contributed by atoms with van der Waals surface area (Å²) in [6, 6.07) is 9.74. The van der Waals surface area contributed by atoms with Crippen molar-refractivity contribution < 1.29 is 4.92 Å². The Labute approximate surface area is 127 Å². The second kappa shape index (κ2) is 5.69. The van der Waals surface area contributed by atoms with Gasteiger partial charge in [0.2, 0.25) is 0 Å². The van der Waals surface area contributed by atoms with E-state index in [1.165, 1.54) is 23.4 Å². The summed E-state index contributed by atoms with van der Waals surface area (Å²) in [7, 11) is 0. The molecule has 3 rings (SSSR count). The van der Waals surface area contributed by atoms with E-state index in [9.17, 15) is 10.1 Å². The standard InChI is InChI=1S/C15H14ClN3O2/c16-14-9-13(19(20)21)10-17-15(14)18-7-5-11-3-1-2-4-12(11)6-8-18/h1-4,9-10H,5-8H2. The summed E-state index contributed by atoms with van der Waals surface area (Å²) in [5, 5.41) is 11.1. The van der Waals surface area contributed by atoms with Gasteiger partial charge in [0, 0.05) is 19.2 Å². The Morgan fingerprint density at radius 3 is 2.33 bits per heavy atom. The number of anilines is 1. The number of rotatable bonds is 2. The molecule has 6 heteroatoms. The van der Waals surface area contributed by atoms with Crippen molar-refractivity contribution in [3.8, 4) is 0 Å². The van der Waals surface area contributed by atoms with Gasteiger partial charge in [0.1, 0.15) is 12.0 Å². The summed E-state index contributed by atoms with van der Waals surface area (Å²) in [6.07, 6.45) is 3.11. The number of pyridine rings is 1. The van der Waals surface area contributed by atoms with Gasteiger partial charge in [0.25, 0.3) is 5.69 Å². The van der Waals surface area contributed by atoms with Gasteiger partial charge in [-0.05, 0) is 24.0 Å². The number of benzene rings is 1. The van der Waals surface area contributed by atoms with Crippen LogP contribution in [0.4, 0.5) is 11.5 Å². The molecule has 1 aliphatic heterocycles. The van der Waals surface area contributed by atoms with E-state index in [1.807, 2.05) is 12.1 Å². The summed E-state index contributed by atoms with van der Waals surface area (Å²) in [5.74, 6) is 0.620. The molecule has 108 valence electrons. The third kappa shape index (κ3) is 2.83. The molecule has 0 bridgehead atoms. The Kier molecular flexibility index (Phi) is 3.75. The van der Waals surface area contributed by atoms with Gasteiger partial charge in [-0.15, -0.1) is 0 Å². The zero-order chi connectivity index (χ0) is 14.8. The van der Waals surface area contributed by atoms with E-state index in [-0.39, 0.29) is 5.69 Å². The summed E-state index contributed by atoms with van der Waals surface area (Å²) >= 11 is 6.16. The molecule has 0 saturated heterocycles. The lowest BCUT2D eigenvalue weighted by molar-refractivity contribution is -0.385. The minimum absolute atomic E-state index is 0.0816. The fourth-order valence-electron chi connectivity index (χ4n) is 2.63. The molecule has 0 N–H and O–H groups in total. The van der Waals surface area contributed by atoms with Crippen LogP contribution in [-0.2, 0) is 12.8 Å². The van der Waals surface area contributed by atoms with Crippen molar-refractivity contribution >= 4 is 23.1 Å². The summed E-state index contributed by atoms with van der Waals surface area (Å²) < 4.78 is 0. The number of nitrogens with zero attached hydrogens (tertiary/aromatic N) is 3. The third-order valence-corrected chi connectivity index (χ3v) is 4.02. The molecule has 5 nitrogen and oxygen atoms in total. The molecular weight excluding hydrogens is 290 g/mol. The van der Waals surface area contributed by atoms with Crippen molar-refractivity contribution in [2.75, 3.05) is 18.0 Å². The molecule has 1 aromatic heterocycles. The molecular formula is C15H14ClN3O2. The van der Waals surface area contributed by atoms with Gasteiger partial charge >= 0.3 is 0 Å². The van der Waals surface area contributed by atoms with E-state index >= 15 is 0 Å². The second-order valence-corrected chi connectivity index (χ2v) is 5.42. The Morgan fingerprint density at radius 1 is 1.19 bits per heavy atom. The highest BCUT2D eigenvalue weighted by molar-refractivity contribution is 6.33. The molecule has 0 fully saturated rings. The molecule has 2 heterocycles. The number of halogens is 1. The summed E-state index contributed by atoms with van der Waals surface area (Å²) in [5.41, 5.74) is 2.61. The van der Waals surface area contributed by atoms with Gasteiger partial charge in [-0.2, -0.15) is 0 Å². The van der Waals surface area contributed by atoms with Crippen LogP contribution in [0.1, 0.15) is 11.1 Å². The molecule has 1 aromatic carbocycles. The molecule has 21 heavy (non-hydrogen) atoms. The molecule has 0 saturated carbocycles. The van der Waals surface area contributed by atoms with E-state index in [4.69, 9.17) is 11.6 Å². The Balaban J connectivity index is 1.84. The first-order valence-electron chi connectivity index (χ1n) is 6.77. The topological polar surface area (TPSA) is 59.3 Å². The highest BCUT2D eigenvalue weighted by Crippen LogP contribution is 2.28. The molecule has 2 aromatic rings. The van der Waals surface area contributed by atoms with E-state index in [0.717, 1.165) is 25.9 Å². The van der Waals surface area contributed by atoms with Gasteiger partial charge in [0.05, 0.1) is 9.95 Å². The van der Waals surface area contributed by atoms with Crippen molar-refractivity contribution in [3.05, 3.63) is 62.8 Å². The Morgan fingerprint density at radius 2 is 1.81 bits per heavy atom. The number of nitro groups is 1. The molecule has 0 amide bonds. The fraction of sp³-hybridized carbons (Fsp3) is 0.267. The van der Waals surface area contributed by atoms with Crippen LogP contribution in [0.25, 0.3) is 0 Å². The fourth-order valence-corrected chi connectivity index (χ4v) is 2.91. The van der Waals surface area contributed by atoms with Crippen LogP contribution in [0.3, 0.4) is 0 Å². The number of hydrogen-bond acceptors (Lipinski definition) is 4. The van der Waals surface area contributed by atoms with Crippen molar-refractivity contribution in [1.29, 1.82) is 0 Å². The minimum Gasteiger partial charge on any atom is -0.355 e. The van der Waals surface area contributed by atoms with Crippen LogP contribution in [0.15, 0.2) is 36.5 Å². The predicted molar refractivity (Wildman–Crippen MR) is 82.0 cm³/mol. The maximum Gasteiger partial charge on any atom is 0.289 e. The van der Waals surface area contributed by atoms with E-state index in [2.05, 4.69) is 22.0 Å². The van der Waals surface area contributed by atoms with E-state index < -0.39 is 4.92 Å². The van der Waals surface area contributed by atoms with E-state index in [0.29, 0.717) is 10.8 Å². The van der Waals surface area contributed by atoms with Crippen LogP contribution in [-0.4, -0.2) is 23.0 Å². The zero-order valence-electron chi connectivity index (χ0n) is 11.3.